The average Bonchev–Trinajstić information content (AvgIpc) is 2.60. The maximum Gasteiger partial charge on any atom is 0.258 e. The van der Waals surface area contributed by atoms with Gasteiger partial charge < -0.3 is 9.64 Å². The van der Waals surface area contributed by atoms with E-state index in [2.05, 4.69) is 0 Å². The molecule has 1 aliphatic heterocycles. The van der Waals surface area contributed by atoms with Crippen LogP contribution >= 0.6 is 0 Å². The maximum atomic E-state index is 13.2. The summed E-state index contributed by atoms with van der Waals surface area (Å²) in [5, 5.41) is 1.50. The summed E-state index contributed by atoms with van der Waals surface area (Å²) < 4.78 is 29.1. The van der Waals surface area contributed by atoms with E-state index in [1.54, 1.807) is 4.90 Å². The normalized spacial score (nSPS) is 16.2. The molecule has 0 N–H and O–H groups in total. The number of ether oxygens (including phenoxy) is 1. The first-order valence-electron chi connectivity index (χ1n) is 8.54. The predicted octanol–water partition coefficient (Wildman–Crippen LogP) is 2.89. The van der Waals surface area contributed by atoms with Crippen molar-refractivity contribution in [1.29, 1.82) is 0 Å². The van der Waals surface area contributed by atoms with Gasteiger partial charge in [-0.1, -0.05) is 30.3 Å². The summed E-state index contributed by atoms with van der Waals surface area (Å²) in [7, 11) is -3.05. The molecule has 0 bridgehead atoms. The molecule has 3 rings (SSSR count). The van der Waals surface area contributed by atoms with Crippen molar-refractivity contribution in [1.82, 2.24) is 4.90 Å². The number of sulfone groups is 1. The summed E-state index contributed by atoms with van der Waals surface area (Å²) in [4.78, 5) is 14.9. The third-order valence-electron chi connectivity index (χ3n) is 4.74. The van der Waals surface area contributed by atoms with Crippen molar-refractivity contribution in [3.05, 3.63) is 42.0 Å². The smallest absolute Gasteiger partial charge is 0.258 e. The number of amides is 1. The number of piperidine rings is 1. The van der Waals surface area contributed by atoms with E-state index in [-0.39, 0.29) is 11.2 Å². The number of nitrogens with zero attached hydrogens (tertiary/aromatic N) is 1. The fraction of sp³-hybridized carbons (Fsp3) is 0.421. The van der Waals surface area contributed by atoms with Crippen LogP contribution in [0.3, 0.4) is 0 Å². The highest BCUT2D eigenvalue weighted by Crippen LogP contribution is 2.30. The number of benzene rings is 2. The first kappa shape index (κ1) is 17.7. The zero-order valence-corrected chi connectivity index (χ0v) is 15.4. The van der Waals surface area contributed by atoms with Gasteiger partial charge in [0.1, 0.15) is 15.6 Å². The van der Waals surface area contributed by atoms with Gasteiger partial charge in [0.2, 0.25) is 0 Å². The summed E-state index contributed by atoms with van der Waals surface area (Å²) >= 11 is 0. The third-order valence-corrected chi connectivity index (χ3v) is 6.42. The molecule has 0 aromatic heterocycles. The molecule has 5 nitrogen and oxygen atoms in total. The fourth-order valence-electron chi connectivity index (χ4n) is 3.39. The lowest BCUT2D eigenvalue weighted by Gasteiger charge is -2.31. The van der Waals surface area contributed by atoms with Crippen molar-refractivity contribution in [3.63, 3.8) is 0 Å². The molecule has 1 aliphatic rings. The average molecular weight is 361 g/mol. The van der Waals surface area contributed by atoms with Crippen LogP contribution in [0.1, 0.15) is 30.1 Å². The summed E-state index contributed by atoms with van der Waals surface area (Å²) in [6, 6.07) is 11.5. The van der Waals surface area contributed by atoms with Gasteiger partial charge in [0.25, 0.3) is 5.91 Å². The largest absolute Gasteiger partial charge is 0.493 e. The minimum Gasteiger partial charge on any atom is -0.493 e. The highest BCUT2D eigenvalue weighted by molar-refractivity contribution is 7.91. The Kier molecular flexibility index (Phi) is 4.99. The molecule has 2 aromatic carbocycles. The minimum absolute atomic E-state index is 0.0906. The monoisotopic (exact) mass is 361 g/mol. The molecule has 0 atom stereocenters. The van der Waals surface area contributed by atoms with E-state index in [4.69, 9.17) is 4.74 Å². The standard InChI is InChI=1S/C19H23NO4S/c1-3-24-17-9-8-14-6-4-5-7-16(14)18(17)19(21)20-12-10-15(11-13-20)25(2,22)23/h4-9,15H,3,10-13H2,1-2H3. The fourth-order valence-corrected chi connectivity index (χ4v) is 4.46. The SMILES string of the molecule is CCOc1ccc2ccccc2c1C(=O)N1CCC(S(C)(=O)=O)CC1. The van der Waals surface area contributed by atoms with Crippen LogP contribution in [0.2, 0.25) is 0 Å². The zero-order chi connectivity index (χ0) is 18.0. The predicted molar refractivity (Wildman–Crippen MR) is 98.9 cm³/mol. The van der Waals surface area contributed by atoms with Crippen LogP contribution in [0.5, 0.6) is 5.75 Å². The molecule has 0 spiro atoms. The Balaban J connectivity index is 1.93. The minimum atomic E-state index is -3.05. The lowest BCUT2D eigenvalue weighted by atomic mass is 10.0. The van der Waals surface area contributed by atoms with Crippen LogP contribution in [-0.4, -0.2) is 50.4 Å². The molecule has 0 aliphatic carbocycles. The molecule has 1 heterocycles. The molecule has 0 saturated carbocycles. The lowest BCUT2D eigenvalue weighted by molar-refractivity contribution is 0.0723. The maximum absolute atomic E-state index is 13.2. The van der Waals surface area contributed by atoms with Crippen LogP contribution in [-0.2, 0) is 9.84 Å². The number of hydrogen-bond acceptors (Lipinski definition) is 4. The first-order valence-corrected chi connectivity index (χ1v) is 10.5. The number of fused-ring (bicyclic) bond motifs is 1. The molecule has 1 saturated heterocycles. The van der Waals surface area contributed by atoms with Gasteiger partial charge in [-0.3, -0.25) is 4.79 Å². The summed E-state index contributed by atoms with van der Waals surface area (Å²) in [5.41, 5.74) is 0.567. The quantitative estimate of drug-likeness (QED) is 0.840. The van der Waals surface area contributed by atoms with Crippen molar-refractivity contribution in [2.24, 2.45) is 0 Å². The molecule has 2 aromatic rings. The Morgan fingerprint density at radius 2 is 1.84 bits per heavy atom. The molecule has 1 amide bonds. The molecule has 134 valence electrons. The van der Waals surface area contributed by atoms with Gasteiger partial charge in [-0.2, -0.15) is 0 Å². The van der Waals surface area contributed by atoms with Gasteiger partial charge in [-0.25, -0.2) is 8.42 Å². The number of likely N-dealkylation sites (tertiary alicyclic amines) is 1. The van der Waals surface area contributed by atoms with E-state index < -0.39 is 9.84 Å². The number of rotatable bonds is 4. The Hall–Kier alpha value is -2.08. The van der Waals surface area contributed by atoms with Crippen molar-refractivity contribution in [3.8, 4) is 5.75 Å². The molecule has 0 unspecified atom stereocenters. The van der Waals surface area contributed by atoms with E-state index in [9.17, 15) is 13.2 Å². The summed E-state index contributed by atoms with van der Waals surface area (Å²) in [5.74, 6) is 0.489. The third kappa shape index (κ3) is 3.63. The van der Waals surface area contributed by atoms with Gasteiger partial charge >= 0.3 is 0 Å². The van der Waals surface area contributed by atoms with Crippen molar-refractivity contribution in [2.45, 2.75) is 25.0 Å². The second-order valence-corrected chi connectivity index (χ2v) is 8.74. The van der Waals surface area contributed by atoms with Crippen molar-refractivity contribution in [2.75, 3.05) is 26.0 Å². The summed E-state index contributed by atoms with van der Waals surface area (Å²) in [6.45, 7) is 3.27. The van der Waals surface area contributed by atoms with Crippen molar-refractivity contribution >= 4 is 26.5 Å². The van der Waals surface area contributed by atoms with Gasteiger partial charge in [-0.05, 0) is 36.6 Å². The molecule has 6 heteroatoms. The van der Waals surface area contributed by atoms with Gasteiger partial charge in [-0.15, -0.1) is 0 Å². The van der Waals surface area contributed by atoms with E-state index >= 15 is 0 Å². The first-order chi connectivity index (χ1) is 11.9. The van der Waals surface area contributed by atoms with E-state index in [1.807, 2.05) is 43.3 Å². The Bertz CT molecular complexity index is 883. The van der Waals surface area contributed by atoms with Crippen molar-refractivity contribution < 1.29 is 17.9 Å². The Labute approximate surface area is 148 Å². The highest BCUT2D eigenvalue weighted by Gasteiger charge is 2.30. The number of carbonyl (C=O) groups is 1. The van der Waals surface area contributed by atoms with E-state index in [1.165, 1.54) is 6.26 Å². The Morgan fingerprint density at radius 1 is 1.16 bits per heavy atom. The van der Waals surface area contributed by atoms with Gasteiger partial charge in [0.15, 0.2) is 0 Å². The van der Waals surface area contributed by atoms with E-state index in [0.29, 0.717) is 43.9 Å². The zero-order valence-electron chi connectivity index (χ0n) is 14.6. The van der Waals surface area contributed by atoms with Crippen LogP contribution in [0.15, 0.2) is 36.4 Å². The molecule has 1 fully saturated rings. The second-order valence-electron chi connectivity index (χ2n) is 6.41. The Morgan fingerprint density at radius 3 is 2.48 bits per heavy atom. The van der Waals surface area contributed by atoms with Crippen LogP contribution in [0.25, 0.3) is 10.8 Å². The number of hydrogen-bond donors (Lipinski definition) is 0. The van der Waals surface area contributed by atoms with Gasteiger partial charge in [0, 0.05) is 19.3 Å². The molecule has 25 heavy (non-hydrogen) atoms. The van der Waals surface area contributed by atoms with E-state index in [0.717, 1.165) is 10.8 Å². The van der Waals surface area contributed by atoms with Crippen LogP contribution in [0.4, 0.5) is 0 Å². The topological polar surface area (TPSA) is 63.7 Å². The lowest BCUT2D eigenvalue weighted by Crippen LogP contribution is -2.42. The number of carbonyl (C=O) groups excluding carboxylic acids is 1. The van der Waals surface area contributed by atoms with Crippen LogP contribution in [0, 0.1) is 0 Å². The highest BCUT2D eigenvalue weighted by atomic mass is 32.2. The molecular formula is C19H23NO4S. The molecular weight excluding hydrogens is 338 g/mol. The van der Waals surface area contributed by atoms with Crippen LogP contribution < -0.4 is 4.74 Å². The second kappa shape index (κ2) is 7.04. The summed E-state index contributed by atoms with van der Waals surface area (Å²) in [6.07, 6.45) is 2.24. The van der Waals surface area contributed by atoms with Gasteiger partial charge in [0.05, 0.1) is 17.4 Å². The molecule has 0 radical (unpaired) electrons.